The molecule has 27 heavy (non-hydrogen) atoms. The van der Waals surface area contributed by atoms with E-state index in [1.165, 1.54) is 11.3 Å². The second kappa shape index (κ2) is 9.10. The molecule has 0 radical (unpaired) electrons. The highest BCUT2D eigenvalue weighted by atomic mass is 35.5. The van der Waals surface area contributed by atoms with Gasteiger partial charge in [-0.1, -0.05) is 35.8 Å². The zero-order valence-electron chi connectivity index (χ0n) is 15.3. The van der Waals surface area contributed by atoms with E-state index in [2.05, 4.69) is 33.4 Å². The number of nitrogens with zero attached hydrogens (tertiary/aromatic N) is 3. The molecule has 0 saturated heterocycles. The molecule has 0 saturated carbocycles. The molecule has 0 spiro atoms. The van der Waals surface area contributed by atoms with Crippen LogP contribution in [0.15, 0.2) is 28.9 Å². The second-order valence-corrected chi connectivity index (χ2v) is 7.82. The first-order valence-corrected chi connectivity index (χ1v) is 10.0. The molecule has 0 fully saturated rings. The molecule has 142 valence electrons. The number of nitrogens with one attached hydrogen (secondary N) is 1. The van der Waals surface area contributed by atoms with Crippen LogP contribution in [0.4, 0.5) is 5.13 Å². The number of hydrogen-bond acceptors (Lipinski definition) is 6. The van der Waals surface area contributed by atoms with Crippen molar-refractivity contribution in [3.63, 3.8) is 0 Å². The van der Waals surface area contributed by atoms with Gasteiger partial charge < -0.3 is 9.84 Å². The lowest BCUT2D eigenvalue weighted by Gasteiger charge is -2.02. The molecule has 6 nitrogen and oxygen atoms in total. The summed E-state index contributed by atoms with van der Waals surface area (Å²) in [4.78, 5) is 21.7. The Morgan fingerprint density at radius 1 is 1.33 bits per heavy atom. The Morgan fingerprint density at radius 2 is 2.19 bits per heavy atom. The van der Waals surface area contributed by atoms with Crippen LogP contribution in [-0.4, -0.2) is 21.0 Å². The average molecular weight is 405 g/mol. The molecular weight excluding hydrogens is 384 g/mol. The molecule has 1 amide bonds. The van der Waals surface area contributed by atoms with Gasteiger partial charge in [-0.05, 0) is 30.5 Å². The molecule has 1 aromatic carbocycles. The number of aryl methyl sites for hydroxylation is 3. The molecule has 0 bridgehead atoms. The van der Waals surface area contributed by atoms with Crippen molar-refractivity contribution in [3.8, 4) is 0 Å². The van der Waals surface area contributed by atoms with Crippen molar-refractivity contribution in [3.05, 3.63) is 57.1 Å². The fourth-order valence-corrected chi connectivity index (χ4v) is 3.58. The van der Waals surface area contributed by atoms with Crippen LogP contribution in [0.5, 0.6) is 0 Å². The number of hydrogen-bond donors (Lipinski definition) is 1. The number of thiazole rings is 1. The van der Waals surface area contributed by atoms with Crippen LogP contribution in [0.25, 0.3) is 0 Å². The summed E-state index contributed by atoms with van der Waals surface area (Å²) >= 11 is 7.63. The first-order valence-electron chi connectivity index (χ1n) is 8.84. The van der Waals surface area contributed by atoms with E-state index in [1.807, 2.05) is 19.1 Å². The number of amides is 1. The molecule has 0 aliphatic carbocycles. The third kappa shape index (κ3) is 5.61. The molecule has 8 heteroatoms. The lowest BCUT2D eigenvalue weighted by molar-refractivity contribution is -0.116. The number of halogens is 1. The summed E-state index contributed by atoms with van der Waals surface area (Å²) in [6, 6.07) is 6.02. The van der Waals surface area contributed by atoms with Crippen LogP contribution in [0.3, 0.4) is 0 Å². The van der Waals surface area contributed by atoms with Gasteiger partial charge in [0.2, 0.25) is 11.8 Å². The van der Waals surface area contributed by atoms with Crippen LogP contribution in [0.2, 0.25) is 5.02 Å². The topological polar surface area (TPSA) is 80.9 Å². The van der Waals surface area contributed by atoms with Crippen molar-refractivity contribution in [2.75, 3.05) is 5.32 Å². The van der Waals surface area contributed by atoms with Gasteiger partial charge in [0.1, 0.15) is 0 Å². The fourth-order valence-electron chi connectivity index (χ4n) is 2.51. The Hall–Kier alpha value is -2.25. The van der Waals surface area contributed by atoms with Crippen molar-refractivity contribution in [1.29, 1.82) is 0 Å². The molecule has 0 aliphatic heterocycles. The molecule has 0 aliphatic rings. The summed E-state index contributed by atoms with van der Waals surface area (Å²) in [6.07, 6.45) is 4.95. The number of anilines is 1. The summed E-state index contributed by atoms with van der Waals surface area (Å²) in [5, 5.41) is 8.05. The number of rotatable bonds is 8. The van der Waals surface area contributed by atoms with Gasteiger partial charge in [-0.15, -0.1) is 11.3 Å². The Morgan fingerprint density at radius 3 is 2.96 bits per heavy atom. The standard InChI is InChI=1S/C19H21ClN4O2S/c1-3-4-16-22-18(26-24-16)8-7-17(25)23-19-21-11-14(27-19)9-13-6-5-12(2)15(20)10-13/h5-6,10-11H,3-4,7-9H2,1-2H3,(H,21,23,25). The quantitative estimate of drug-likeness (QED) is 0.593. The second-order valence-electron chi connectivity index (χ2n) is 6.29. The van der Waals surface area contributed by atoms with E-state index in [0.717, 1.165) is 40.3 Å². The van der Waals surface area contributed by atoms with Gasteiger partial charge in [0.25, 0.3) is 0 Å². The summed E-state index contributed by atoms with van der Waals surface area (Å²) in [5.41, 5.74) is 2.17. The highest BCUT2D eigenvalue weighted by Crippen LogP contribution is 2.24. The fraction of sp³-hybridized carbons (Fsp3) is 0.368. The van der Waals surface area contributed by atoms with E-state index in [0.29, 0.717) is 23.3 Å². The van der Waals surface area contributed by atoms with Crippen LogP contribution in [0, 0.1) is 6.92 Å². The summed E-state index contributed by atoms with van der Waals surface area (Å²) < 4.78 is 5.14. The van der Waals surface area contributed by atoms with E-state index < -0.39 is 0 Å². The van der Waals surface area contributed by atoms with Gasteiger partial charge in [0.05, 0.1) is 0 Å². The normalized spacial score (nSPS) is 10.9. The van der Waals surface area contributed by atoms with Crippen molar-refractivity contribution >= 4 is 34.0 Å². The molecule has 0 atom stereocenters. The van der Waals surface area contributed by atoms with E-state index in [-0.39, 0.29) is 12.3 Å². The first kappa shape index (κ1) is 19.5. The molecule has 2 heterocycles. The third-order valence-electron chi connectivity index (χ3n) is 3.96. The number of carbonyl (C=O) groups is 1. The monoisotopic (exact) mass is 404 g/mol. The largest absolute Gasteiger partial charge is 0.339 e. The Kier molecular flexibility index (Phi) is 6.58. The number of benzene rings is 1. The van der Waals surface area contributed by atoms with Crippen molar-refractivity contribution < 1.29 is 9.32 Å². The lowest BCUT2D eigenvalue weighted by atomic mass is 10.1. The predicted molar refractivity (Wildman–Crippen MR) is 106 cm³/mol. The van der Waals surface area contributed by atoms with Gasteiger partial charge in [-0.3, -0.25) is 4.79 Å². The minimum absolute atomic E-state index is 0.121. The number of aromatic nitrogens is 3. The van der Waals surface area contributed by atoms with E-state index in [4.69, 9.17) is 16.1 Å². The zero-order valence-corrected chi connectivity index (χ0v) is 16.9. The van der Waals surface area contributed by atoms with Crippen molar-refractivity contribution in [2.24, 2.45) is 0 Å². The van der Waals surface area contributed by atoms with Crippen LogP contribution >= 0.6 is 22.9 Å². The number of carbonyl (C=O) groups excluding carboxylic acids is 1. The molecule has 0 unspecified atom stereocenters. The minimum atomic E-state index is -0.121. The Bertz CT molecular complexity index is 922. The van der Waals surface area contributed by atoms with Crippen LogP contribution in [0.1, 0.15) is 47.5 Å². The lowest BCUT2D eigenvalue weighted by Crippen LogP contribution is -2.12. The Balaban J connectivity index is 1.50. The SMILES string of the molecule is CCCc1noc(CCC(=O)Nc2ncc(Cc3ccc(C)c(Cl)c3)s2)n1. The smallest absolute Gasteiger partial charge is 0.227 e. The van der Waals surface area contributed by atoms with Gasteiger partial charge in [-0.25, -0.2) is 4.98 Å². The maximum Gasteiger partial charge on any atom is 0.227 e. The molecule has 3 rings (SSSR count). The average Bonchev–Trinajstić information content (AvgIpc) is 3.26. The Labute approximate surface area is 167 Å². The molecule has 2 aromatic heterocycles. The van der Waals surface area contributed by atoms with Crippen molar-refractivity contribution in [2.45, 2.75) is 46.0 Å². The first-order chi connectivity index (χ1) is 13.0. The van der Waals surface area contributed by atoms with Gasteiger partial charge in [0, 0.05) is 41.8 Å². The predicted octanol–water partition coefficient (Wildman–Crippen LogP) is 4.60. The highest BCUT2D eigenvalue weighted by Gasteiger charge is 2.11. The zero-order chi connectivity index (χ0) is 19.2. The maximum absolute atomic E-state index is 12.1. The van der Waals surface area contributed by atoms with Crippen molar-refractivity contribution in [1.82, 2.24) is 15.1 Å². The van der Waals surface area contributed by atoms with Crippen LogP contribution in [-0.2, 0) is 24.1 Å². The summed E-state index contributed by atoms with van der Waals surface area (Å²) in [7, 11) is 0. The van der Waals surface area contributed by atoms with E-state index in [1.54, 1.807) is 6.20 Å². The molecule has 1 N–H and O–H groups in total. The highest BCUT2D eigenvalue weighted by molar-refractivity contribution is 7.15. The van der Waals surface area contributed by atoms with Gasteiger partial charge in [-0.2, -0.15) is 4.98 Å². The van der Waals surface area contributed by atoms with Gasteiger partial charge in [0.15, 0.2) is 11.0 Å². The van der Waals surface area contributed by atoms with E-state index >= 15 is 0 Å². The van der Waals surface area contributed by atoms with Gasteiger partial charge >= 0.3 is 0 Å². The third-order valence-corrected chi connectivity index (χ3v) is 5.28. The minimum Gasteiger partial charge on any atom is -0.339 e. The van der Waals surface area contributed by atoms with Crippen LogP contribution < -0.4 is 5.32 Å². The summed E-state index contributed by atoms with van der Waals surface area (Å²) in [5.74, 6) is 1.06. The maximum atomic E-state index is 12.1. The summed E-state index contributed by atoms with van der Waals surface area (Å²) in [6.45, 7) is 4.03. The van der Waals surface area contributed by atoms with E-state index in [9.17, 15) is 4.79 Å². The molecule has 3 aromatic rings. The molecular formula is C19H21ClN4O2S.